The highest BCUT2D eigenvalue weighted by Gasteiger charge is 2.08. The molecule has 0 unspecified atom stereocenters. The number of ether oxygens (including phenoxy) is 2. The molecule has 1 aromatic heterocycles. The van der Waals surface area contributed by atoms with Crippen LogP contribution in [0.1, 0.15) is 11.4 Å². The number of hydrogen-bond donors (Lipinski definition) is 0. The number of hydrogen-bond acceptors (Lipinski definition) is 4. The summed E-state index contributed by atoms with van der Waals surface area (Å²) in [4.78, 5) is 4.09. The molecule has 2 aromatic rings. The number of alkyl halides is 1. The zero-order chi connectivity index (χ0) is 13.0. The van der Waals surface area contributed by atoms with Gasteiger partial charge in [-0.05, 0) is 17.7 Å². The minimum Gasteiger partial charge on any atom is -0.493 e. The van der Waals surface area contributed by atoms with Gasteiger partial charge in [0.05, 0.1) is 7.11 Å². The fourth-order valence-electron chi connectivity index (χ4n) is 1.51. The lowest BCUT2D eigenvalue weighted by Gasteiger charge is -2.11. The van der Waals surface area contributed by atoms with Crippen molar-refractivity contribution in [2.24, 2.45) is 7.05 Å². The molecule has 0 saturated carbocycles. The molecule has 1 heterocycles. The second kappa shape index (κ2) is 5.73. The van der Waals surface area contributed by atoms with Crippen LogP contribution < -0.4 is 9.47 Å². The van der Waals surface area contributed by atoms with Crippen LogP contribution in [0.4, 0.5) is 0 Å². The van der Waals surface area contributed by atoms with Gasteiger partial charge in [0.1, 0.15) is 12.9 Å². The lowest BCUT2D eigenvalue weighted by atomic mass is 10.2. The van der Waals surface area contributed by atoms with Crippen molar-refractivity contribution >= 4 is 11.6 Å². The summed E-state index contributed by atoms with van der Waals surface area (Å²) < 4.78 is 12.6. The lowest BCUT2D eigenvalue weighted by molar-refractivity contribution is 0.271. The number of benzene rings is 1. The molecule has 0 spiro atoms. The van der Waals surface area contributed by atoms with Crippen molar-refractivity contribution in [3.8, 4) is 11.5 Å². The molecule has 6 heteroatoms. The molecule has 96 valence electrons. The van der Waals surface area contributed by atoms with E-state index in [1.54, 1.807) is 11.8 Å². The molecule has 0 bridgehead atoms. The predicted molar refractivity (Wildman–Crippen MR) is 67.9 cm³/mol. The lowest BCUT2D eigenvalue weighted by Crippen LogP contribution is -2.05. The van der Waals surface area contributed by atoms with Crippen LogP contribution in [0.15, 0.2) is 24.5 Å². The molecule has 2 rings (SSSR count). The van der Waals surface area contributed by atoms with Crippen LogP contribution in [-0.2, 0) is 19.5 Å². The standard InChI is InChI=1S/C12H14ClN3O2/c1-16-12(14-8-15-16)7-18-11-5-9(6-13)3-4-10(11)17-2/h3-5,8H,6-7H2,1-2H3. The Morgan fingerprint density at radius 2 is 2.17 bits per heavy atom. The van der Waals surface area contributed by atoms with Crippen LogP contribution in [0.5, 0.6) is 11.5 Å². The van der Waals surface area contributed by atoms with Gasteiger partial charge >= 0.3 is 0 Å². The minimum absolute atomic E-state index is 0.332. The van der Waals surface area contributed by atoms with Crippen LogP contribution in [0.25, 0.3) is 0 Å². The van der Waals surface area contributed by atoms with E-state index < -0.39 is 0 Å². The third-order valence-electron chi connectivity index (χ3n) is 2.54. The van der Waals surface area contributed by atoms with Gasteiger partial charge in [-0.1, -0.05) is 6.07 Å². The van der Waals surface area contributed by atoms with Crippen LogP contribution >= 0.6 is 11.6 Å². The summed E-state index contributed by atoms with van der Waals surface area (Å²) in [5.74, 6) is 2.50. The number of rotatable bonds is 5. The monoisotopic (exact) mass is 267 g/mol. The van der Waals surface area contributed by atoms with Gasteiger partial charge in [0, 0.05) is 12.9 Å². The number of aromatic nitrogens is 3. The zero-order valence-corrected chi connectivity index (χ0v) is 11.0. The first-order chi connectivity index (χ1) is 8.74. The normalized spacial score (nSPS) is 10.4. The van der Waals surface area contributed by atoms with Crippen molar-refractivity contribution in [3.05, 3.63) is 35.9 Å². The van der Waals surface area contributed by atoms with Gasteiger partial charge in [-0.2, -0.15) is 5.10 Å². The second-order valence-corrected chi connectivity index (χ2v) is 3.97. The molecule has 5 nitrogen and oxygen atoms in total. The highest BCUT2D eigenvalue weighted by atomic mass is 35.5. The molecule has 0 N–H and O–H groups in total. The van der Waals surface area contributed by atoms with E-state index in [-0.39, 0.29) is 0 Å². The first kappa shape index (κ1) is 12.7. The first-order valence-corrected chi connectivity index (χ1v) is 5.96. The molecule has 0 aliphatic rings. The van der Waals surface area contributed by atoms with Crippen LogP contribution in [-0.4, -0.2) is 21.9 Å². The molecular weight excluding hydrogens is 254 g/mol. The highest BCUT2D eigenvalue weighted by Crippen LogP contribution is 2.29. The van der Waals surface area contributed by atoms with Crippen LogP contribution in [0, 0.1) is 0 Å². The Kier molecular flexibility index (Phi) is 4.04. The molecular formula is C12H14ClN3O2. The van der Waals surface area contributed by atoms with Crippen molar-refractivity contribution in [3.63, 3.8) is 0 Å². The number of methoxy groups -OCH3 is 1. The Balaban J connectivity index is 2.14. The van der Waals surface area contributed by atoms with E-state index >= 15 is 0 Å². The zero-order valence-electron chi connectivity index (χ0n) is 10.3. The fraction of sp³-hybridized carbons (Fsp3) is 0.333. The Hall–Kier alpha value is -1.75. The van der Waals surface area contributed by atoms with Gasteiger partial charge in [0.25, 0.3) is 0 Å². The number of aryl methyl sites for hydroxylation is 1. The summed E-state index contributed by atoms with van der Waals surface area (Å²) >= 11 is 5.80. The van der Waals surface area contributed by atoms with E-state index in [0.717, 1.165) is 11.4 Å². The molecule has 0 aliphatic heterocycles. The van der Waals surface area contributed by atoms with Crippen molar-refractivity contribution in [2.45, 2.75) is 12.5 Å². The molecule has 18 heavy (non-hydrogen) atoms. The SMILES string of the molecule is COc1ccc(CCl)cc1OCc1ncnn1C. The predicted octanol–water partition coefficient (Wildman–Crippen LogP) is 2.14. The average molecular weight is 268 g/mol. The van der Waals surface area contributed by atoms with Crippen molar-refractivity contribution in [1.82, 2.24) is 14.8 Å². The van der Waals surface area contributed by atoms with Gasteiger partial charge in [-0.3, -0.25) is 4.68 Å². The van der Waals surface area contributed by atoms with Crippen molar-refractivity contribution in [1.29, 1.82) is 0 Å². The summed E-state index contributed by atoms with van der Waals surface area (Å²) in [6.45, 7) is 0.332. The molecule has 0 amide bonds. The number of nitrogens with zero attached hydrogens (tertiary/aromatic N) is 3. The second-order valence-electron chi connectivity index (χ2n) is 3.71. The topological polar surface area (TPSA) is 49.2 Å². The molecule has 0 atom stereocenters. The Labute approximate surface area is 110 Å². The van der Waals surface area contributed by atoms with E-state index in [1.807, 2.05) is 25.2 Å². The van der Waals surface area contributed by atoms with E-state index in [0.29, 0.717) is 24.0 Å². The van der Waals surface area contributed by atoms with Crippen LogP contribution in [0.3, 0.4) is 0 Å². The van der Waals surface area contributed by atoms with Gasteiger partial charge < -0.3 is 9.47 Å². The quantitative estimate of drug-likeness (QED) is 0.779. The average Bonchev–Trinajstić information content (AvgIpc) is 2.81. The van der Waals surface area contributed by atoms with Gasteiger partial charge in [-0.15, -0.1) is 11.6 Å². The minimum atomic E-state index is 0.332. The van der Waals surface area contributed by atoms with Crippen molar-refractivity contribution < 1.29 is 9.47 Å². The Morgan fingerprint density at radius 1 is 1.33 bits per heavy atom. The smallest absolute Gasteiger partial charge is 0.164 e. The largest absolute Gasteiger partial charge is 0.493 e. The van der Waals surface area contributed by atoms with Gasteiger partial charge in [-0.25, -0.2) is 4.98 Å². The van der Waals surface area contributed by atoms with E-state index in [2.05, 4.69) is 10.1 Å². The fourth-order valence-corrected chi connectivity index (χ4v) is 1.68. The van der Waals surface area contributed by atoms with E-state index in [4.69, 9.17) is 21.1 Å². The number of halogens is 1. The van der Waals surface area contributed by atoms with Crippen molar-refractivity contribution in [2.75, 3.05) is 7.11 Å². The van der Waals surface area contributed by atoms with E-state index in [1.165, 1.54) is 6.33 Å². The highest BCUT2D eigenvalue weighted by molar-refractivity contribution is 6.17. The first-order valence-electron chi connectivity index (χ1n) is 5.43. The molecule has 0 radical (unpaired) electrons. The van der Waals surface area contributed by atoms with Gasteiger partial charge in [0.2, 0.25) is 0 Å². The summed E-state index contributed by atoms with van der Waals surface area (Å²) in [5.41, 5.74) is 0.977. The van der Waals surface area contributed by atoms with Crippen LogP contribution in [0.2, 0.25) is 0 Å². The Morgan fingerprint density at radius 3 is 2.78 bits per heavy atom. The summed E-state index contributed by atoms with van der Waals surface area (Å²) in [6, 6.07) is 5.60. The third kappa shape index (κ3) is 2.73. The summed E-state index contributed by atoms with van der Waals surface area (Å²) in [6.07, 6.45) is 1.49. The molecule has 1 aromatic carbocycles. The van der Waals surface area contributed by atoms with E-state index in [9.17, 15) is 0 Å². The molecule has 0 aliphatic carbocycles. The molecule has 0 fully saturated rings. The summed E-state index contributed by atoms with van der Waals surface area (Å²) in [7, 11) is 3.42. The maximum Gasteiger partial charge on any atom is 0.164 e. The Bertz CT molecular complexity index is 528. The summed E-state index contributed by atoms with van der Waals surface area (Å²) in [5, 5.41) is 3.98. The maximum absolute atomic E-state index is 5.80. The third-order valence-corrected chi connectivity index (χ3v) is 2.85. The van der Waals surface area contributed by atoms with Gasteiger partial charge in [0.15, 0.2) is 17.3 Å². The maximum atomic E-state index is 5.80. The molecule has 0 saturated heterocycles.